The van der Waals surface area contributed by atoms with Crippen molar-refractivity contribution in [3.05, 3.63) is 42.5 Å². The molecule has 2 aromatic heterocycles. The van der Waals surface area contributed by atoms with Crippen LogP contribution >= 0.6 is 0 Å². The Morgan fingerprint density at radius 3 is 2.94 bits per heavy atom. The van der Waals surface area contributed by atoms with Crippen molar-refractivity contribution < 1.29 is 9.90 Å². The first-order valence-corrected chi connectivity index (χ1v) is 5.06. The molecular weight excluding hydrogens is 206 g/mol. The molecule has 0 amide bonds. The van der Waals surface area contributed by atoms with Crippen LogP contribution in [-0.4, -0.2) is 25.4 Å². The minimum absolute atomic E-state index is 0.0565. The summed E-state index contributed by atoms with van der Waals surface area (Å²) < 4.78 is 3.53. The molecule has 2 heterocycles. The van der Waals surface area contributed by atoms with Crippen molar-refractivity contribution in [2.45, 2.75) is 19.5 Å². The zero-order valence-electron chi connectivity index (χ0n) is 8.95. The van der Waals surface area contributed by atoms with E-state index in [1.807, 2.05) is 19.2 Å². The molecule has 0 saturated heterocycles. The van der Waals surface area contributed by atoms with E-state index in [-0.39, 0.29) is 6.04 Å². The highest BCUT2D eigenvalue weighted by Gasteiger charge is 2.13. The molecule has 0 aliphatic heterocycles. The second-order valence-electron chi connectivity index (χ2n) is 3.68. The molecule has 1 N–H and O–H groups in total. The maximum atomic E-state index is 10.9. The number of nitrogens with zero attached hydrogens (tertiary/aromatic N) is 3. The van der Waals surface area contributed by atoms with Crippen molar-refractivity contribution in [2.24, 2.45) is 0 Å². The van der Waals surface area contributed by atoms with Crippen LogP contribution in [0.5, 0.6) is 0 Å². The van der Waals surface area contributed by atoms with Gasteiger partial charge in [0, 0.05) is 18.6 Å². The first kappa shape index (κ1) is 10.5. The molecule has 16 heavy (non-hydrogen) atoms. The number of rotatable bonds is 4. The van der Waals surface area contributed by atoms with E-state index in [0.29, 0.717) is 12.2 Å². The quantitative estimate of drug-likeness (QED) is 0.850. The number of carboxylic acids is 1. The summed E-state index contributed by atoms with van der Waals surface area (Å²) in [5, 5.41) is 13.1. The van der Waals surface area contributed by atoms with Gasteiger partial charge in [-0.15, -0.1) is 0 Å². The van der Waals surface area contributed by atoms with E-state index in [1.54, 1.807) is 33.8 Å². The Balaban J connectivity index is 2.17. The van der Waals surface area contributed by atoms with Crippen molar-refractivity contribution in [1.29, 1.82) is 0 Å². The molecule has 0 aromatic carbocycles. The third-order valence-corrected chi connectivity index (χ3v) is 2.48. The normalized spacial score (nSPS) is 12.6. The number of hydrogen-bond acceptors (Lipinski definition) is 2. The molecule has 0 spiro atoms. The van der Waals surface area contributed by atoms with Crippen LogP contribution < -0.4 is 0 Å². The molecular formula is C11H13N3O2. The van der Waals surface area contributed by atoms with E-state index in [2.05, 4.69) is 5.10 Å². The van der Waals surface area contributed by atoms with Crippen LogP contribution in [0.15, 0.2) is 36.8 Å². The Labute approximate surface area is 92.9 Å². The summed E-state index contributed by atoms with van der Waals surface area (Å²) in [5.41, 5.74) is 0.305. The average Bonchev–Trinajstić information content (AvgIpc) is 2.86. The molecule has 1 atom stereocenters. The lowest BCUT2D eigenvalue weighted by molar-refractivity contribution is 0.0682. The fraction of sp³-hybridized carbons (Fsp3) is 0.273. The number of hydrogen-bond donors (Lipinski definition) is 1. The van der Waals surface area contributed by atoms with Crippen LogP contribution in [-0.2, 0) is 6.54 Å². The summed E-state index contributed by atoms with van der Waals surface area (Å²) in [4.78, 5) is 10.9. The standard InChI is InChI=1S/C11H13N3O2/c1-9(8-13-6-3-5-12-13)14-7-2-4-10(14)11(15)16/h2-7,9H,8H2,1H3,(H,15,16). The first-order chi connectivity index (χ1) is 7.68. The lowest BCUT2D eigenvalue weighted by Gasteiger charge is -2.15. The summed E-state index contributed by atoms with van der Waals surface area (Å²) in [6.07, 6.45) is 5.35. The number of aromatic nitrogens is 3. The van der Waals surface area contributed by atoms with Gasteiger partial charge in [-0.2, -0.15) is 5.10 Å². The molecule has 84 valence electrons. The maximum absolute atomic E-state index is 10.9. The second kappa shape index (κ2) is 4.22. The lowest BCUT2D eigenvalue weighted by atomic mass is 10.3. The fourth-order valence-electron chi connectivity index (χ4n) is 1.73. The Hall–Kier alpha value is -2.04. The molecule has 0 aliphatic rings. The van der Waals surface area contributed by atoms with Gasteiger partial charge in [0.2, 0.25) is 0 Å². The molecule has 0 bridgehead atoms. The van der Waals surface area contributed by atoms with Gasteiger partial charge in [-0.3, -0.25) is 4.68 Å². The minimum Gasteiger partial charge on any atom is -0.477 e. The predicted octanol–water partition coefficient (Wildman–Crippen LogP) is 1.64. The summed E-state index contributed by atoms with van der Waals surface area (Å²) >= 11 is 0. The van der Waals surface area contributed by atoms with Gasteiger partial charge in [-0.25, -0.2) is 4.79 Å². The minimum atomic E-state index is -0.905. The fourth-order valence-corrected chi connectivity index (χ4v) is 1.73. The third-order valence-electron chi connectivity index (χ3n) is 2.48. The molecule has 5 nitrogen and oxygen atoms in total. The summed E-state index contributed by atoms with van der Waals surface area (Å²) in [6, 6.07) is 5.24. The number of carbonyl (C=O) groups is 1. The predicted molar refractivity (Wildman–Crippen MR) is 58.3 cm³/mol. The van der Waals surface area contributed by atoms with Crippen molar-refractivity contribution in [3.8, 4) is 0 Å². The smallest absolute Gasteiger partial charge is 0.352 e. The van der Waals surface area contributed by atoms with Gasteiger partial charge in [0.1, 0.15) is 5.69 Å². The van der Waals surface area contributed by atoms with Crippen molar-refractivity contribution >= 4 is 5.97 Å². The number of aromatic carboxylic acids is 1. The zero-order chi connectivity index (χ0) is 11.5. The first-order valence-electron chi connectivity index (χ1n) is 5.06. The van der Waals surface area contributed by atoms with Crippen LogP contribution in [0.1, 0.15) is 23.5 Å². The van der Waals surface area contributed by atoms with E-state index in [4.69, 9.17) is 5.11 Å². The van der Waals surface area contributed by atoms with Crippen molar-refractivity contribution in [2.75, 3.05) is 0 Å². The van der Waals surface area contributed by atoms with Crippen LogP contribution in [0.4, 0.5) is 0 Å². The molecule has 1 unspecified atom stereocenters. The van der Waals surface area contributed by atoms with Gasteiger partial charge in [-0.1, -0.05) is 0 Å². The molecule has 0 fully saturated rings. The number of carboxylic acid groups (broad SMARTS) is 1. The maximum Gasteiger partial charge on any atom is 0.352 e. The van der Waals surface area contributed by atoms with Gasteiger partial charge in [0.15, 0.2) is 0 Å². The highest BCUT2D eigenvalue weighted by atomic mass is 16.4. The SMILES string of the molecule is CC(Cn1cccn1)n1cccc1C(=O)O. The van der Waals surface area contributed by atoms with E-state index in [1.165, 1.54) is 0 Å². The zero-order valence-corrected chi connectivity index (χ0v) is 8.95. The Bertz CT molecular complexity index is 473. The van der Waals surface area contributed by atoms with Crippen LogP contribution in [0, 0.1) is 0 Å². The Morgan fingerprint density at radius 2 is 2.31 bits per heavy atom. The van der Waals surface area contributed by atoms with Crippen molar-refractivity contribution in [1.82, 2.24) is 14.3 Å². The highest BCUT2D eigenvalue weighted by molar-refractivity contribution is 5.85. The molecule has 0 radical (unpaired) electrons. The van der Waals surface area contributed by atoms with Crippen LogP contribution in [0.25, 0.3) is 0 Å². The van der Waals surface area contributed by atoms with Crippen LogP contribution in [0.3, 0.4) is 0 Å². The lowest BCUT2D eigenvalue weighted by Crippen LogP contribution is -2.17. The summed E-state index contributed by atoms with van der Waals surface area (Å²) in [6.45, 7) is 2.62. The van der Waals surface area contributed by atoms with Gasteiger partial charge in [0.05, 0.1) is 12.6 Å². The van der Waals surface area contributed by atoms with Gasteiger partial charge < -0.3 is 9.67 Å². The van der Waals surface area contributed by atoms with E-state index < -0.39 is 5.97 Å². The Morgan fingerprint density at radius 1 is 1.50 bits per heavy atom. The molecule has 0 saturated carbocycles. The van der Waals surface area contributed by atoms with E-state index >= 15 is 0 Å². The highest BCUT2D eigenvalue weighted by Crippen LogP contribution is 2.13. The second-order valence-corrected chi connectivity index (χ2v) is 3.68. The molecule has 2 aromatic rings. The molecule has 5 heteroatoms. The largest absolute Gasteiger partial charge is 0.477 e. The van der Waals surface area contributed by atoms with Gasteiger partial charge >= 0.3 is 5.97 Å². The monoisotopic (exact) mass is 219 g/mol. The average molecular weight is 219 g/mol. The van der Waals surface area contributed by atoms with Crippen molar-refractivity contribution in [3.63, 3.8) is 0 Å². The van der Waals surface area contributed by atoms with Gasteiger partial charge in [-0.05, 0) is 25.1 Å². The topological polar surface area (TPSA) is 60.0 Å². The summed E-state index contributed by atoms with van der Waals surface area (Å²) in [5.74, 6) is -0.905. The third kappa shape index (κ3) is 1.98. The van der Waals surface area contributed by atoms with Gasteiger partial charge in [0.25, 0.3) is 0 Å². The Kier molecular flexibility index (Phi) is 2.76. The molecule has 2 rings (SSSR count). The van der Waals surface area contributed by atoms with Crippen LogP contribution in [0.2, 0.25) is 0 Å². The molecule has 0 aliphatic carbocycles. The summed E-state index contributed by atoms with van der Waals surface area (Å²) in [7, 11) is 0. The van der Waals surface area contributed by atoms with E-state index in [0.717, 1.165) is 0 Å². The van der Waals surface area contributed by atoms with E-state index in [9.17, 15) is 4.79 Å².